The van der Waals surface area contributed by atoms with Crippen molar-refractivity contribution >= 4 is 15.9 Å². The van der Waals surface area contributed by atoms with E-state index in [4.69, 9.17) is 9.15 Å². The fourth-order valence-electron chi connectivity index (χ4n) is 2.89. The summed E-state index contributed by atoms with van der Waals surface area (Å²) in [6.07, 6.45) is 12.6. The Hall–Kier alpha value is -1.50. The SMILES string of the molecule is CCCCCCCCCCC(OC(=O)NCCCS(C)(=O)=O)c1ccco1. The zero-order chi connectivity index (χ0) is 20.0. The highest BCUT2D eigenvalue weighted by molar-refractivity contribution is 7.90. The molecule has 0 aliphatic rings. The van der Waals surface area contributed by atoms with Crippen molar-refractivity contribution < 1.29 is 22.4 Å². The summed E-state index contributed by atoms with van der Waals surface area (Å²) in [5.74, 6) is 0.692. The summed E-state index contributed by atoms with van der Waals surface area (Å²) in [4.78, 5) is 12.0. The Kier molecular flexibility index (Phi) is 11.9. The van der Waals surface area contributed by atoms with Crippen LogP contribution in [0.15, 0.2) is 22.8 Å². The second-order valence-corrected chi connectivity index (χ2v) is 9.34. The summed E-state index contributed by atoms with van der Waals surface area (Å²) in [5.41, 5.74) is 0. The Bertz CT molecular complexity index is 598. The molecule has 1 aromatic heterocycles. The van der Waals surface area contributed by atoms with Crippen LogP contribution in [0.1, 0.15) is 83.0 Å². The maximum Gasteiger partial charge on any atom is 0.407 e. The normalized spacial score (nSPS) is 12.7. The topological polar surface area (TPSA) is 85.6 Å². The Balaban J connectivity index is 2.28. The summed E-state index contributed by atoms with van der Waals surface area (Å²) in [6.45, 7) is 2.49. The third-order valence-electron chi connectivity index (χ3n) is 4.39. The highest BCUT2D eigenvalue weighted by Gasteiger charge is 2.19. The number of carbonyl (C=O) groups excluding carboxylic acids is 1. The van der Waals surface area contributed by atoms with Crippen LogP contribution in [0.3, 0.4) is 0 Å². The largest absolute Gasteiger partial charge is 0.465 e. The van der Waals surface area contributed by atoms with E-state index >= 15 is 0 Å². The summed E-state index contributed by atoms with van der Waals surface area (Å²) in [5, 5.41) is 2.61. The van der Waals surface area contributed by atoms with E-state index in [1.165, 1.54) is 44.8 Å². The van der Waals surface area contributed by atoms with Gasteiger partial charge in [0.1, 0.15) is 15.6 Å². The van der Waals surface area contributed by atoms with Gasteiger partial charge in [-0.15, -0.1) is 0 Å². The zero-order valence-corrected chi connectivity index (χ0v) is 17.6. The van der Waals surface area contributed by atoms with Gasteiger partial charge in [0.2, 0.25) is 0 Å². The molecule has 1 N–H and O–H groups in total. The lowest BCUT2D eigenvalue weighted by Gasteiger charge is -2.16. The number of ether oxygens (including phenoxy) is 1. The number of alkyl carbamates (subject to hydrolysis) is 1. The molecule has 0 aliphatic carbocycles. The molecule has 156 valence electrons. The van der Waals surface area contributed by atoms with Crippen molar-refractivity contribution in [1.82, 2.24) is 5.32 Å². The molecule has 0 saturated heterocycles. The van der Waals surface area contributed by atoms with Crippen molar-refractivity contribution in [2.24, 2.45) is 0 Å². The summed E-state index contributed by atoms with van der Waals surface area (Å²) in [6, 6.07) is 3.59. The number of rotatable bonds is 15. The molecule has 1 amide bonds. The predicted octanol–water partition coefficient (Wildman–Crippen LogP) is 5.01. The fourth-order valence-corrected chi connectivity index (χ4v) is 3.56. The third-order valence-corrected chi connectivity index (χ3v) is 5.42. The van der Waals surface area contributed by atoms with E-state index in [1.54, 1.807) is 12.3 Å². The Labute approximate surface area is 164 Å². The highest BCUT2D eigenvalue weighted by Crippen LogP contribution is 2.25. The van der Waals surface area contributed by atoms with Gasteiger partial charge in [0.05, 0.1) is 12.0 Å². The van der Waals surface area contributed by atoms with Crippen LogP contribution in [0.2, 0.25) is 0 Å². The molecule has 7 heteroatoms. The van der Waals surface area contributed by atoms with E-state index in [9.17, 15) is 13.2 Å². The van der Waals surface area contributed by atoms with Crippen molar-refractivity contribution in [2.45, 2.75) is 77.2 Å². The number of hydrogen-bond donors (Lipinski definition) is 1. The maximum atomic E-state index is 12.0. The second-order valence-electron chi connectivity index (χ2n) is 7.08. The standard InChI is InChI=1S/C20H35NO5S/c1-3-4-5-6-7-8-9-10-13-19(18-14-11-16-25-18)26-20(22)21-15-12-17-27(2,23)24/h11,14,16,19H,3-10,12-13,15,17H2,1-2H3,(H,21,22). The minimum atomic E-state index is -3.01. The number of furan rings is 1. The number of amides is 1. The van der Waals surface area contributed by atoms with E-state index in [1.807, 2.05) is 6.07 Å². The van der Waals surface area contributed by atoms with E-state index in [0.717, 1.165) is 19.3 Å². The molecule has 1 heterocycles. The minimum Gasteiger partial charge on any atom is -0.465 e. The first kappa shape index (κ1) is 23.5. The molecule has 0 radical (unpaired) electrons. The molecule has 0 aromatic carbocycles. The van der Waals surface area contributed by atoms with Gasteiger partial charge in [-0.2, -0.15) is 0 Å². The first-order chi connectivity index (χ1) is 12.9. The predicted molar refractivity (Wildman–Crippen MR) is 107 cm³/mol. The second kappa shape index (κ2) is 13.6. The van der Waals surface area contributed by atoms with Crippen molar-refractivity contribution in [2.75, 3.05) is 18.6 Å². The first-order valence-corrected chi connectivity index (χ1v) is 12.1. The average Bonchev–Trinajstić information content (AvgIpc) is 3.14. The van der Waals surface area contributed by atoms with Crippen molar-refractivity contribution in [3.63, 3.8) is 0 Å². The molecule has 1 aromatic rings. The van der Waals surface area contributed by atoms with Gasteiger partial charge in [-0.25, -0.2) is 13.2 Å². The van der Waals surface area contributed by atoms with E-state index in [2.05, 4.69) is 12.2 Å². The number of hydrogen-bond acceptors (Lipinski definition) is 5. The van der Waals surface area contributed by atoms with E-state index in [0.29, 0.717) is 12.2 Å². The number of carbonyl (C=O) groups is 1. The third kappa shape index (κ3) is 12.5. The Morgan fingerprint density at radius 3 is 2.37 bits per heavy atom. The highest BCUT2D eigenvalue weighted by atomic mass is 32.2. The molecule has 0 bridgehead atoms. The van der Waals surface area contributed by atoms with Crippen molar-refractivity contribution in [3.05, 3.63) is 24.2 Å². The lowest BCUT2D eigenvalue weighted by molar-refractivity contribution is 0.0778. The van der Waals surface area contributed by atoms with Crippen LogP contribution in [0.25, 0.3) is 0 Å². The summed E-state index contributed by atoms with van der Waals surface area (Å²) in [7, 11) is -3.01. The molecule has 27 heavy (non-hydrogen) atoms. The van der Waals surface area contributed by atoms with Gasteiger partial charge in [-0.3, -0.25) is 0 Å². The monoisotopic (exact) mass is 401 g/mol. The Morgan fingerprint density at radius 2 is 1.78 bits per heavy atom. The molecule has 1 rings (SSSR count). The van der Waals surface area contributed by atoms with Gasteiger partial charge >= 0.3 is 6.09 Å². The fraction of sp³-hybridized carbons (Fsp3) is 0.750. The first-order valence-electron chi connectivity index (χ1n) is 10.1. The quantitative estimate of drug-likeness (QED) is 0.417. The van der Waals surface area contributed by atoms with E-state index in [-0.39, 0.29) is 12.3 Å². The molecular formula is C20H35NO5S. The number of nitrogens with one attached hydrogen (secondary N) is 1. The van der Waals surface area contributed by atoms with Crippen molar-refractivity contribution in [3.8, 4) is 0 Å². The molecule has 6 nitrogen and oxygen atoms in total. The van der Waals surface area contributed by atoms with Gasteiger partial charge in [-0.1, -0.05) is 51.9 Å². The lowest BCUT2D eigenvalue weighted by Crippen LogP contribution is -2.28. The van der Waals surface area contributed by atoms with Gasteiger partial charge in [0.25, 0.3) is 0 Å². The molecular weight excluding hydrogens is 366 g/mol. The zero-order valence-electron chi connectivity index (χ0n) is 16.7. The van der Waals surface area contributed by atoms with Crippen LogP contribution in [0.5, 0.6) is 0 Å². The molecule has 1 unspecified atom stereocenters. The van der Waals surface area contributed by atoms with Gasteiger partial charge in [-0.05, 0) is 31.4 Å². The van der Waals surface area contributed by atoms with Gasteiger partial charge < -0.3 is 14.5 Å². The average molecular weight is 402 g/mol. The van der Waals surface area contributed by atoms with Crippen LogP contribution in [-0.4, -0.2) is 33.1 Å². The molecule has 1 atom stereocenters. The molecule has 0 aliphatic heterocycles. The number of sulfone groups is 1. The number of unbranched alkanes of at least 4 members (excludes halogenated alkanes) is 7. The van der Waals surface area contributed by atoms with Crippen LogP contribution in [-0.2, 0) is 14.6 Å². The van der Waals surface area contributed by atoms with Crippen LogP contribution < -0.4 is 5.32 Å². The smallest absolute Gasteiger partial charge is 0.407 e. The van der Waals surface area contributed by atoms with Crippen LogP contribution in [0.4, 0.5) is 4.79 Å². The van der Waals surface area contributed by atoms with Crippen molar-refractivity contribution in [1.29, 1.82) is 0 Å². The molecule has 0 saturated carbocycles. The summed E-state index contributed by atoms with van der Waals surface area (Å²) < 4.78 is 33.1. The van der Waals surface area contributed by atoms with Gasteiger partial charge in [0.15, 0.2) is 6.10 Å². The van der Waals surface area contributed by atoms with Gasteiger partial charge in [0, 0.05) is 12.8 Å². The van der Waals surface area contributed by atoms with Crippen LogP contribution >= 0.6 is 0 Å². The Morgan fingerprint density at radius 1 is 1.11 bits per heavy atom. The summed E-state index contributed by atoms with van der Waals surface area (Å²) >= 11 is 0. The lowest BCUT2D eigenvalue weighted by atomic mass is 10.0. The molecule has 0 fully saturated rings. The maximum absolute atomic E-state index is 12.0. The van der Waals surface area contributed by atoms with E-state index < -0.39 is 22.0 Å². The molecule has 0 spiro atoms. The minimum absolute atomic E-state index is 0.0488. The van der Waals surface area contributed by atoms with Crippen LogP contribution in [0, 0.1) is 0 Å².